The molecule has 4 aromatic carbocycles. The zero-order valence-electron chi connectivity index (χ0n) is 20.2. The average Bonchev–Trinajstić information content (AvgIpc) is 3.34. The predicted octanol–water partition coefficient (Wildman–Crippen LogP) is 8.61. The standard InChI is InChI=1S/2C12H12O.C5H4S.2ClH.Ti/c2*1-8-6-7-11(13)12-9(2)4-3-5-10(8)12;1-5-3-2-4-6-5;;;/h2*3-7,13H,1-2H3;1-4H;2*1H;. The average molecular weight is 561 g/mol. The molecule has 0 amide bonds. The van der Waals surface area contributed by atoms with Crippen LogP contribution in [0.1, 0.15) is 27.1 Å². The number of fused-ring (bicyclic) bond motifs is 2. The summed E-state index contributed by atoms with van der Waals surface area (Å²) < 4.78 is 2.10. The van der Waals surface area contributed by atoms with Crippen molar-refractivity contribution < 1.29 is 30.2 Å². The maximum absolute atomic E-state index is 9.68. The van der Waals surface area contributed by atoms with Crippen molar-refractivity contribution in [2.45, 2.75) is 27.7 Å². The van der Waals surface area contributed by atoms with Crippen LogP contribution >= 0.6 is 36.2 Å². The van der Waals surface area contributed by atoms with Crippen LogP contribution in [0.3, 0.4) is 0 Å². The fourth-order valence-electron chi connectivity index (χ4n) is 3.80. The SMILES string of the molecule is Cc1ccc(O)c2c(C)cccc12.Cc1ccc(O)c2c(C)cccc12.Cl.Cl.[Ti]=[CH]c1cccs1. The number of phenols is 2. The molecule has 5 aromatic rings. The minimum absolute atomic E-state index is 0. The van der Waals surface area contributed by atoms with Gasteiger partial charge in [-0.3, -0.25) is 0 Å². The van der Waals surface area contributed by atoms with Crippen molar-refractivity contribution in [2.24, 2.45) is 0 Å². The quantitative estimate of drug-likeness (QED) is 0.201. The van der Waals surface area contributed by atoms with E-state index in [2.05, 4.69) is 35.7 Å². The van der Waals surface area contributed by atoms with E-state index < -0.39 is 0 Å². The molecule has 0 radical (unpaired) electrons. The molecular weight excluding hydrogens is 531 g/mol. The second-order valence-electron chi connectivity index (χ2n) is 7.96. The molecule has 6 heteroatoms. The first kappa shape index (κ1) is 30.9. The van der Waals surface area contributed by atoms with E-state index in [1.807, 2.05) is 82.4 Å². The monoisotopic (exact) mass is 560 g/mol. The topological polar surface area (TPSA) is 40.5 Å². The summed E-state index contributed by atoms with van der Waals surface area (Å²) in [5.41, 5.74) is 4.66. The molecule has 2 nitrogen and oxygen atoms in total. The molecular formula is C29H30Cl2O2STi. The van der Waals surface area contributed by atoms with Crippen LogP contribution in [0.5, 0.6) is 11.5 Å². The van der Waals surface area contributed by atoms with Gasteiger partial charge in [-0.2, -0.15) is 0 Å². The Labute approximate surface area is 235 Å². The summed E-state index contributed by atoms with van der Waals surface area (Å²) in [4.78, 5) is 1.35. The molecule has 0 saturated heterocycles. The number of hydrogen-bond donors (Lipinski definition) is 2. The number of hydrogen-bond acceptors (Lipinski definition) is 3. The molecule has 0 unspecified atom stereocenters. The van der Waals surface area contributed by atoms with Crippen molar-refractivity contribution in [1.29, 1.82) is 0 Å². The number of aromatic hydroxyl groups is 2. The van der Waals surface area contributed by atoms with Gasteiger partial charge >= 0.3 is 58.0 Å². The van der Waals surface area contributed by atoms with E-state index in [4.69, 9.17) is 0 Å². The molecule has 2 N–H and O–H groups in total. The normalized spacial score (nSPS) is 9.57. The van der Waals surface area contributed by atoms with Gasteiger partial charge in [0, 0.05) is 10.8 Å². The zero-order chi connectivity index (χ0) is 24.0. The van der Waals surface area contributed by atoms with Crippen molar-refractivity contribution in [3.63, 3.8) is 0 Å². The van der Waals surface area contributed by atoms with Gasteiger partial charge in [0.05, 0.1) is 0 Å². The summed E-state index contributed by atoms with van der Waals surface area (Å²) in [6, 6.07) is 23.7. The Bertz CT molecular complexity index is 1290. The third kappa shape index (κ3) is 7.67. The summed E-state index contributed by atoms with van der Waals surface area (Å²) >= 11 is 3.81. The van der Waals surface area contributed by atoms with Gasteiger partial charge in [-0.25, -0.2) is 0 Å². The zero-order valence-corrected chi connectivity index (χ0v) is 24.2. The van der Waals surface area contributed by atoms with Crippen LogP contribution < -0.4 is 0 Å². The van der Waals surface area contributed by atoms with Gasteiger partial charge in [-0.05, 0) is 72.9 Å². The Kier molecular flexibility index (Phi) is 12.7. The number of thiophene rings is 1. The summed E-state index contributed by atoms with van der Waals surface area (Å²) in [5, 5.41) is 25.7. The van der Waals surface area contributed by atoms with Crippen LogP contribution in [0, 0.1) is 27.7 Å². The second kappa shape index (κ2) is 14.4. The summed E-state index contributed by atoms with van der Waals surface area (Å²) in [6.07, 6.45) is 0. The first-order valence-electron chi connectivity index (χ1n) is 10.7. The van der Waals surface area contributed by atoms with Crippen LogP contribution in [0.15, 0.2) is 78.2 Å². The first-order chi connectivity index (χ1) is 15.8. The molecule has 0 atom stereocenters. The second-order valence-corrected chi connectivity index (χ2v) is 9.39. The Morgan fingerprint density at radius 1 is 0.600 bits per heavy atom. The third-order valence-corrected chi connectivity index (χ3v) is 7.21. The van der Waals surface area contributed by atoms with Gasteiger partial charge in [-0.1, -0.05) is 48.5 Å². The van der Waals surface area contributed by atoms with Crippen molar-refractivity contribution in [1.82, 2.24) is 0 Å². The molecule has 0 saturated carbocycles. The number of aryl methyl sites for hydroxylation is 4. The Morgan fingerprint density at radius 3 is 1.37 bits per heavy atom. The summed E-state index contributed by atoms with van der Waals surface area (Å²) in [7, 11) is 0. The molecule has 1 heterocycles. The maximum atomic E-state index is 9.68. The van der Waals surface area contributed by atoms with E-state index in [1.54, 1.807) is 23.5 Å². The third-order valence-electron chi connectivity index (χ3n) is 5.58. The van der Waals surface area contributed by atoms with Gasteiger partial charge in [-0.15, -0.1) is 24.8 Å². The molecule has 0 spiro atoms. The predicted molar refractivity (Wildman–Crippen MR) is 154 cm³/mol. The van der Waals surface area contributed by atoms with Gasteiger partial charge in [0.1, 0.15) is 11.5 Å². The Hall–Kier alpha value is -2.14. The molecule has 182 valence electrons. The summed E-state index contributed by atoms with van der Waals surface area (Å²) in [6.45, 7) is 8.14. The van der Waals surface area contributed by atoms with Crippen molar-refractivity contribution >= 4 is 62.0 Å². The number of halogens is 2. The number of rotatable bonds is 1. The van der Waals surface area contributed by atoms with Gasteiger partial charge in [0.2, 0.25) is 0 Å². The van der Waals surface area contributed by atoms with E-state index in [0.717, 1.165) is 32.7 Å². The first-order valence-corrected chi connectivity index (χ1v) is 12.5. The number of phenolic OH excluding ortho intramolecular Hbond substituents is 2. The van der Waals surface area contributed by atoms with E-state index >= 15 is 0 Å². The van der Waals surface area contributed by atoms with E-state index in [9.17, 15) is 10.2 Å². The fourth-order valence-corrected chi connectivity index (χ4v) is 4.81. The molecule has 0 bridgehead atoms. The van der Waals surface area contributed by atoms with Crippen LogP contribution in [0.25, 0.3) is 21.5 Å². The van der Waals surface area contributed by atoms with E-state index in [0.29, 0.717) is 11.5 Å². The van der Waals surface area contributed by atoms with Crippen LogP contribution in [-0.4, -0.2) is 14.5 Å². The minimum atomic E-state index is 0. The van der Waals surface area contributed by atoms with Crippen molar-refractivity contribution in [2.75, 3.05) is 0 Å². The molecule has 5 rings (SSSR count). The van der Waals surface area contributed by atoms with E-state index in [-0.39, 0.29) is 24.8 Å². The van der Waals surface area contributed by atoms with Crippen molar-refractivity contribution in [3.8, 4) is 11.5 Å². The van der Waals surface area contributed by atoms with Gasteiger partial charge in [0.15, 0.2) is 0 Å². The van der Waals surface area contributed by atoms with Crippen LogP contribution in [0.4, 0.5) is 0 Å². The fraction of sp³-hybridized carbons (Fsp3) is 0.138. The molecule has 0 aliphatic carbocycles. The van der Waals surface area contributed by atoms with Crippen molar-refractivity contribution in [3.05, 3.63) is 105 Å². The van der Waals surface area contributed by atoms with Crippen LogP contribution in [-0.2, 0) is 20.0 Å². The number of benzene rings is 4. The molecule has 0 aliphatic rings. The van der Waals surface area contributed by atoms with Crippen LogP contribution in [0.2, 0.25) is 0 Å². The molecule has 35 heavy (non-hydrogen) atoms. The van der Waals surface area contributed by atoms with E-state index in [1.165, 1.54) is 16.0 Å². The molecule has 1 aromatic heterocycles. The summed E-state index contributed by atoms with van der Waals surface area (Å²) in [5.74, 6) is 0.748. The van der Waals surface area contributed by atoms with Gasteiger partial charge in [0.25, 0.3) is 0 Å². The Balaban J connectivity index is 0.000000266. The molecule has 0 aliphatic heterocycles. The Morgan fingerprint density at radius 2 is 1.06 bits per heavy atom. The molecule has 0 fully saturated rings. The van der Waals surface area contributed by atoms with Gasteiger partial charge < -0.3 is 10.2 Å².